The molecular formula is C21H22ClFN4O. The molecule has 2 heterocycles. The van der Waals surface area contributed by atoms with Crippen molar-refractivity contribution in [2.75, 3.05) is 19.0 Å². The van der Waals surface area contributed by atoms with Gasteiger partial charge in [-0.25, -0.2) is 4.39 Å². The van der Waals surface area contributed by atoms with Crippen LogP contribution in [0.2, 0.25) is 5.02 Å². The maximum atomic E-state index is 14.3. The van der Waals surface area contributed by atoms with Crippen LogP contribution in [0.1, 0.15) is 36.6 Å². The third kappa shape index (κ3) is 3.20. The maximum absolute atomic E-state index is 14.3. The topological polar surface area (TPSA) is 51.5 Å². The Morgan fingerprint density at radius 1 is 1.29 bits per heavy atom. The van der Waals surface area contributed by atoms with Gasteiger partial charge >= 0.3 is 0 Å². The number of methoxy groups -OCH3 is 1. The van der Waals surface area contributed by atoms with Gasteiger partial charge in [-0.1, -0.05) is 17.7 Å². The van der Waals surface area contributed by atoms with Crippen LogP contribution in [0.15, 0.2) is 30.5 Å². The first-order valence-corrected chi connectivity index (χ1v) is 10.1. The SMILES string of the molecule is COc1cccc(F)c1C1CC1CNc1ccn2c(CC3CC3)nnc2c1Cl. The largest absolute Gasteiger partial charge is 0.496 e. The van der Waals surface area contributed by atoms with E-state index >= 15 is 0 Å². The van der Waals surface area contributed by atoms with Gasteiger partial charge in [0.05, 0.1) is 12.8 Å². The predicted octanol–water partition coefficient (Wildman–Crippen LogP) is 4.70. The molecule has 0 bridgehead atoms. The summed E-state index contributed by atoms with van der Waals surface area (Å²) in [4.78, 5) is 0. The Hall–Kier alpha value is -2.34. The molecule has 2 aromatic heterocycles. The van der Waals surface area contributed by atoms with E-state index in [1.54, 1.807) is 13.2 Å². The number of halogens is 2. The third-order valence-corrected chi connectivity index (χ3v) is 6.21. The fourth-order valence-corrected chi connectivity index (χ4v) is 4.21. The minimum atomic E-state index is -0.196. The number of hydrogen-bond acceptors (Lipinski definition) is 4. The molecule has 1 N–H and O–H groups in total. The smallest absolute Gasteiger partial charge is 0.181 e. The Labute approximate surface area is 167 Å². The monoisotopic (exact) mass is 400 g/mol. The second kappa shape index (κ2) is 6.92. The highest BCUT2D eigenvalue weighted by Gasteiger charge is 2.41. The molecule has 5 rings (SSSR count). The molecule has 2 atom stereocenters. The van der Waals surface area contributed by atoms with Gasteiger partial charge in [-0.2, -0.15) is 0 Å². The lowest BCUT2D eigenvalue weighted by atomic mass is 10.1. The van der Waals surface area contributed by atoms with Gasteiger partial charge in [0.2, 0.25) is 0 Å². The highest BCUT2D eigenvalue weighted by atomic mass is 35.5. The summed E-state index contributed by atoms with van der Waals surface area (Å²) in [7, 11) is 1.58. The number of pyridine rings is 1. The summed E-state index contributed by atoms with van der Waals surface area (Å²) in [6, 6.07) is 6.96. The minimum Gasteiger partial charge on any atom is -0.496 e. The van der Waals surface area contributed by atoms with Crippen LogP contribution < -0.4 is 10.1 Å². The molecule has 0 aliphatic heterocycles. The van der Waals surface area contributed by atoms with Gasteiger partial charge in [-0.05, 0) is 55.2 Å². The zero-order valence-electron chi connectivity index (χ0n) is 15.7. The van der Waals surface area contributed by atoms with Crippen LogP contribution in [-0.4, -0.2) is 28.3 Å². The van der Waals surface area contributed by atoms with E-state index in [1.165, 1.54) is 18.9 Å². The van der Waals surface area contributed by atoms with Gasteiger partial charge in [0.15, 0.2) is 5.65 Å². The number of anilines is 1. The quantitative estimate of drug-likeness (QED) is 0.624. The number of hydrogen-bond donors (Lipinski definition) is 1. The Balaban J connectivity index is 1.29. The zero-order chi connectivity index (χ0) is 19.3. The molecule has 7 heteroatoms. The van der Waals surface area contributed by atoms with Crippen molar-refractivity contribution in [3.63, 3.8) is 0 Å². The summed E-state index contributed by atoms with van der Waals surface area (Å²) < 4.78 is 21.6. The maximum Gasteiger partial charge on any atom is 0.181 e. The molecular weight excluding hydrogens is 379 g/mol. The van der Waals surface area contributed by atoms with Crippen LogP contribution in [0.5, 0.6) is 5.75 Å². The van der Waals surface area contributed by atoms with Gasteiger partial charge in [-0.15, -0.1) is 10.2 Å². The van der Waals surface area contributed by atoms with Crippen LogP contribution >= 0.6 is 11.6 Å². The highest BCUT2D eigenvalue weighted by Crippen LogP contribution is 2.51. The number of nitrogens with one attached hydrogen (secondary N) is 1. The fraction of sp³-hybridized carbons (Fsp3) is 0.429. The molecule has 3 aromatic rings. The van der Waals surface area contributed by atoms with E-state index < -0.39 is 0 Å². The van der Waals surface area contributed by atoms with Crippen molar-refractivity contribution in [1.82, 2.24) is 14.6 Å². The van der Waals surface area contributed by atoms with Crippen LogP contribution in [-0.2, 0) is 6.42 Å². The molecule has 2 unspecified atom stereocenters. The van der Waals surface area contributed by atoms with E-state index in [9.17, 15) is 4.39 Å². The van der Waals surface area contributed by atoms with Crippen LogP contribution in [0.25, 0.3) is 5.65 Å². The van der Waals surface area contributed by atoms with E-state index in [4.69, 9.17) is 16.3 Å². The number of rotatable bonds is 7. The van der Waals surface area contributed by atoms with Gasteiger partial charge in [0, 0.05) is 24.7 Å². The number of fused-ring (bicyclic) bond motifs is 1. The first kappa shape index (κ1) is 17.7. The molecule has 28 heavy (non-hydrogen) atoms. The normalized spacial score (nSPS) is 21.1. The summed E-state index contributed by atoms with van der Waals surface area (Å²) >= 11 is 6.57. The van der Waals surface area contributed by atoms with Gasteiger partial charge in [0.1, 0.15) is 22.4 Å². The van der Waals surface area contributed by atoms with Crippen LogP contribution in [0, 0.1) is 17.7 Å². The average Bonchev–Trinajstić information content (AvgIpc) is 3.61. The third-order valence-electron chi connectivity index (χ3n) is 5.84. The number of nitrogens with zero attached hydrogens (tertiary/aromatic N) is 3. The summed E-state index contributed by atoms with van der Waals surface area (Å²) in [5, 5.41) is 12.6. The first-order valence-electron chi connectivity index (χ1n) is 9.74. The standard InChI is InChI=1S/C21H22ClFN4O/c1-28-17-4-2-3-15(23)19(17)14-10-13(14)11-24-16-7-8-27-18(9-12-5-6-12)25-26-21(27)20(16)22/h2-4,7-8,12-14,24H,5-6,9-11H2,1H3. The molecule has 5 nitrogen and oxygen atoms in total. The van der Waals surface area contributed by atoms with E-state index in [-0.39, 0.29) is 11.7 Å². The summed E-state index contributed by atoms with van der Waals surface area (Å²) in [5.41, 5.74) is 2.21. The Morgan fingerprint density at radius 2 is 2.14 bits per heavy atom. The lowest BCUT2D eigenvalue weighted by Gasteiger charge is -2.11. The Kier molecular flexibility index (Phi) is 4.38. The lowest BCUT2D eigenvalue weighted by Crippen LogP contribution is -2.07. The molecule has 0 saturated heterocycles. The molecule has 2 saturated carbocycles. The average molecular weight is 401 g/mol. The molecule has 146 valence electrons. The highest BCUT2D eigenvalue weighted by molar-refractivity contribution is 6.36. The fourth-order valence-electron chi connectivity index (χ4n) is 3.95. The Bertz CT molecular complexity index is 1030. The van der Waals surface area contributed by atoms with Crippen molar-refractivity contribution in [3.8, 4) is 5.75 Å². The minimum absolute atomic E-state index is 0.171. The summed E-state index contributed by atoms with van der Waals surface area (Å²) in [6.07, 6.45) is 6.42. The summed E-state index contributed by atoms with van der Waals surface area (Å²) in [5.74, 6) is 2.66. The molecule has 0 spiro atoms. The predicted molar refractivity (Wildman–Crippen MR) is 107 cm³/mol. The molecule has 1 aromatic carbocycles. The van der Waals surface area contributed by atoms with E-state index in [1.807, 2.05) is 22.7 Å². The molecule has 0 radical (unpaired) electrons. The van der Waals surface area contributed by atoms with E-state index in [0.717, 1.165) is 36.8 Å². The van der Waals surface area contributed by atoms with Gasteiger partial charge in [0.25, 0.3) is 0 Å². The lowest BCUT2D eigenvalue weighted by molar-refractivity contribution is 0.404. The molecule has 2 aliphatic carbocycles. The number of benzene rings is 1. The zero-order valence-corrected chi connectivity index (χ0v) is 16.4. The second-order valence-electron chi connectivity index (χ2n) is 7.84. The van der Waals surface area contributed by atoms with E-state index in [0.29, 0.717) is 27.9 Å². The summed E-state index contributed by atoms with van der Waals surface area (Å²) in [6.45, 7) is 0.723. The van der Waals surface area contributed by atoms with Crippen molar-refractivity contribution < 1.29 is 9.13 Å². The second-order valence-corrected chi connectivity index (χ2v) is 8.22. The van der Waals surface area contributed by atoms with Crippen LogP contribution in [0.4, 0.5) is 10.1 Å². The molecule has 2 aliphatic rings. The van der Waals surface area contributed by atoms with Crippen molar-refractivity contribution in [2.45, 2.75) is 31.6 Å². The van der Waals surface area contributed by atoms with Gasteiger partial charge < -0.3 is 10.1 Å². The van der Waals surface area contributed by atoms with E-state index in [2.05, 4.69) is 15.5 Å². The van der Waals surface area contributed by atoms with Crippen LogP contribution in [0.3, 0.4) is 0 Å². The number of aromatic nitrogens is 3. The Morgan fingerprint density at radius 3 is 2.93 bits per heavy atom. The van der Waals surface area contributed by atoms with Gasteiger partial charge in [-0.3, -0.25) is 4.40 Å². The number of ether oxygens (including phenoxy) is 1. The van der Waals surface area contributed by atoms with Crippen molar-refractivity contribution >= 4 is 22.9 Å². The molecule has 0 amide bonds. The van der Waals surface area contributed by atoms with Crippen molar-refractivity contribution in [1.29, 1.82) is 0 Å². The first-order chi connectivity index (χ1) is 13.7. The van der Waals surface area contributed by atoms with Crippen molar-refractivity contribution in [2.24, 2.45) is 11.8 Å². The molecule has 2 fully saturated rings. The van der Waals surface area contributed by atoms with Crippen molar-refractivity contribution in [3.05, 3.63) is 52.7 Å².